The Labute approximate surface area is 175 Å². The second-order valence-electron chi connectivity index (χ2n) is 5.72. The summed E-state index contributed by atoms with van der Waals surface area (Å²) in [5.74, 6) is 1.72. The molecule has 0 bridgehead atoms. The van der Waals surface area contributed by atoms with Gasteiger partial charge in [0.25, 0.3) is 6.43 Å². The van der Waals surface area contributed by atoms with Gasteiger partial charge >= 0.3 is 0 Å². The number of halogens is 4. The third-order valence-corrected chi connectivity index (χ3v) is 4.15. The molecule has 0 aliphatic carbocycles. The summed E-state index contributed by atoms with van der Waals surface area (Å²) >= 11 is 9.19. The number of hydrogen-bond acceptors (Lipinski definition) is 5. The van der Waals surface area contributed by atoms with Crippen LogP contribution >= 0.6 is 27.5 Å². The summed E-state index contributed by atoms with van der Waals surface area (Å²) in [5.41, 5.74) is -0.346. The van der Waals surface area contributed by atoms with E-state index in [1.54, 1.807) is 38.1 Å². The third-order valence-electron chi connectivity index (χ3n) is 3.37. The summed E-state index contributed by atoms with van der Waals surface area (Å²) in [6.07, 6.45) is -0.340. The number of ether oxygens (including phenoxy) is 3. The number of aryl methyl sites for hydroxylation is 1. The fraction of sp³-hybridized carbons (Fsp3) is 0.368. The van der Waals surface area contributed by atoms with E-state index >= 15 is 0 Å². The van der Waals surface area contributed by atoms with Crippen molar-refractivity contribution in [2.75, 3.05) is 19.8 Å². The zero-order valence-corrected chi connectivity index (χ0v) is 17.8. The summed E-state index contributed by atoms with van der Waals surface area (Å²) in [5, 5.41) is 0.670. The van der Waals surface area contributed by atoms with Crippen LogP contribution in [0.2, 0.25) is 0 Å². The predicted octanol–water partition coefficient (Wildman–Crippen LogP) is 5.85. The van der Waals surface area contributed by atoms with Gasteiger partial charge in [0, 0.05) is 17.5 Å². The Morgan fingerprint density at radius 1 is 1.18 bits per heavy atom. The minimum atomic E-state index is -2.66. The van der Waals surface area contributed by atoms with Gasteiger partial charge in [-0.3, -0.25) is 0 Å². The van der Waals surface area contributed by atoms with Crippen molar-refractivity contribution in [2.24, 2.45) is 0 Å². The lowest BCUT2D eigenvalue weighted by atomic mass is 10.3. The van der Waals surface area contributed by atoms with E-state index in [1.807, 2.05) is 0 Å². The van der Waals surface area contributed by atoms with Crippen molar-refractivity contribution in [3.8, 4) is 17.4 Å². The molecule has 1 heterocycles. The smallest absolute Gasteiger partial charge is 0.280 e. The lowest BCUT2D eigenvalue weighted by Crippen LogP contribution is -2.07. The van der Waals surface area contributed by atoms with Crippen molar-refractivity contribution >= 4 is 27.5 Å². The SMILES string of the molecule is C/C(Cl)=C\COc1ccc(OCCCOc2cc(C(F)F)nc(C)n2)c(Br)c1. The molecule has 152 valence electrons. The maximum absolute atomic E-state index is 12.7. The van der Waals surface area contributed by atoms with Gasteiger partial charge < -0.3 is 14.2 Å². The first-order chi connectivity index (χ1) is 13.3. The lowest BCUT2D eigenvalue weighted by Gasteiger charge is -2.11. The number of nitrogens with zero attached hydrogens (tertiary/aromatic N) is 2. The molecular formula is C19H20BrClF2N2O3. The molecule has 1 aromatic carbocycles. The molecule has 0 atom stereocenters. The Kier molecular flexibility index (Phi) is 8.92. The number of allylic oxidation sites excluding steroid dienone is 1. The van der Waals surface area contributed by atoms with E-state index in [-0.39, 0.29) is 24.0 Å². The van der Waals surface area contributed by atoms with Gasteiger partial charge in [-0.15, -0.1) is 0 Å². The van der Waals surface area contributed by atoms with Crippen LogP contribution in [0.1, 0.15) is 31.3 Å². The van der Waals surface area contributed by atoms with Crippen LogP contribution in [0.25, 0.3) is 0 Å². The van der Waals surface area contributed by atoms with E-state index in [1.165, 1.54) is 0 Å². The Hall–Kier alpha value is -1.93. The third kappa shape index (κ3) is 7.59. The summed E-state index contributed by atoms with van der Waals surface area (Å²) in [6.45, 7) is 4.38. The normalized spacial score (nSPS) is 11.6. The molecule has 0 saturated heterocycles. The van der Waals surface area contributed by atoms with Crippen LogP contribution in [0.5, 0.6) is 17.4 Å². The van der Waals surface area contributed by atoms with Gasteiger partial charge in [-0.2, -0.15) is 4.98 Å². The summed E-state index contributed by atoms with van der Waals surface area (Å²) in [4.78, 5) is 7.66. The van der Waals surface area contributed by atoms with Crippen molar-refractivity contribution in [3.63, 3.8) is 0 Å². The first-order valence-electron chi connectivity index (χ1n) is 8.49. The van der Waals surface area contributed by atoms with E-state index in [9.17, 15) is 8.78 Å². The highest BCUT2D eigenvalue weighted by atomic mass is 79.9. The summed E-state index contributed by atoms with van der Waals surface area (Å²) in [6, 6.07) is 6.54. The molecule has 0 amide bonds. The fourth-order valence-corrected chi connectivity index (χ4v) is 2.64. The number of hydrogen-bond donors (Lipinski definition) is 0. The molecule has 0 fully saturated rings. The van der Waals surface area contributed by atoms with Gasteiger partial charge in [0.2, 0.25) is 5.88 Å². The molecule has 9 heteroatoms. The number of aromatic nitrogens is 2. The quantitative estimate of drug-likeness (QED) is 0.402. The van der Waals surface area contributed by atoms with Gasteiger partial charge in [0.15, 0.2) is 0 Å². The minimum Gasteiger partial charge on any atom is -0.492 e. The molecule has 2 aromatic rings. The average molecular weight is 478 g/mol. The number of rotatable bonds is 10. The molecule has 0 aliphatic heterocycles. The minimum absolute atomic E-state index is 0.131. The second-order valence-corrected chi connectivity index (χ2v) is 7.17. The second kappa shape index (κ2) is 11.2. The van der Waals surface area contributed by atoms with Crippen LogP contribution in [0.3, 0.4) is 0 Å². The maximum Gasteiger partial charge on any atom is 0.280 e. The average Bonchev–Trinajstić information content (AvgIpc) is 2.62. The highest BCUT2D eigenvalue weighted by Gasteiger charge is 2.12. The van der Waals surface area contributed by atoms with Crippen molar-refractivity contribution < 1.29 is 23.0 Å². The fourth-order valence-electron chi connectivity index (χ4n) is 2.11. The molecule has 0 aliphatic rings. The van der Waals surface area contributed by atoms with E-state index < -0.39 is 6.43 Å². The highest BCUT2D eigenvalue weighted by Crippen LogP contribution is 2.29. The predicted molar refractivity (Wildman–Crippen MR) is 107 cm³/mol. The van der Waals surface area contributed by atoms with Gasteiger partial charge in [-0.25, -0.2) is 13.8 Å². The molecular weight excluding hydrogens is 458 g/mol. The standard InChI is InChI=1S/C19H20BrClF2N2O3/c1-12(21)6-9-26-14-4-5-17(15(20)10-14)27-7-3-8-28-18-11-16(19(22)23)24-13(2)25-18/h4-6,10-11,19H,3,7-9H2,1-2H3/b12-6+. The Bertz CT molecular complexity index is 818. The van der Waals surface area contributed by atoms with Crippen LogP contribution in [0.15, 0.2) is 39.8 Å². The van der Waals surface area contributed by atoms with Crippen molar-refractivity contribution in [1.29, 1.82) is 0 Å². The van der Waals surface area contributed by atoms with Crippen LogP contribution in [0, 0.1) is 6.92 Å². The molecule has 2 rings (SSSR count). The molecule has 0 spiro atoms. The molecule has 0 saturated carbocycles. The van der Waals surface area contributed by atoms with Gasteiger partial charge in [-0.1, -0.05) is 11.6 Å². The van der Waals surface area contributed by atoms with E-state index in [4.69, 9.17) is 25.8 Å². The first kappa shape index (κ1) is 22.4. The van der Waals surface area contributed by atoms with E-state index in [0.717, 1.165) is 10.5 Å². The molecule has 0 N–H and O–H groups in total. The largest absolute Gasteiger partial charge is 0.492 e. The molecule has 28 heavy (non-hydrogen) atoms. The van der Waals surface area contributed by atoms with Gasteiger partial charge in [0.1, 0.15) is 29.6 Å². The maximum atomic E-state index is 12.7. The van der Waals surface area contributed by atoms with Gasteiger partial charge in [0.05, 0.1) is 17.7 Å². The monoisotopic (exact) mass is 476 g/mol. The lowest BCUT2D eigenvalue weighted by molar-refractivity contribution is 0.144. The topological polar surface area (TPSA) is 53.5 Å². The zero-order valence-electron chi connectivity index (χ0n) is 15.4. The highest BCUT2D eigenvalue weighted by molar-refractivity contribution is 9.10. The number of alkyl halides is 2. The van der Waals surface area contributed by atoms with Crippen molar-refractivity contribution in [2.45, 2.75) is 26.7 Å². The Morgan fingerprint density at radius 2 is 1.93 bits per heavy atom. The van der Waals surface area contributed by atoms with Crippen LogP contribution in [-0.2, 0) is 0 Å². The van der Waals surface area contributed by atoms with E-state index in [2.05, 4.69) is 25.9 Å². The van der Waals surface area contributed by atoms with Crippen molar-refractivity contribution in [3.05, 3.63) is 51.4 Å². The summed E-state index contributed by atoms with van der Waals surface area (Å²) in [7, 11) is 0. The van der Waals surface area contributed by atoms with E-state index in [0.29, 0.717) is 36.2 Å². The molecule has 5 nitrogen and oxygen atoms in total. The summed E-state index contributed by atoms with van der Waals surface area (Å²) < 4.78 is 42.9. The Balaban J connectivity index is 1.77. The van der Waals surface area contributed by atoms with Gasteiger partial charge in [-0.05, 0) is 54.1 Å². The Morgan fingerprint density at radius 3 is 2.61 bits per heavy atom. The van der Waals surface area contributed by atoms with Crippen LogP contribution in [-0.4, -0.2) is 29.8 Å². The van der Waals surface area contributed by atoms with Crippen LogP contribution in [0.4, 0.5) is 8.78 Å². The first-order valence-corrected chi connectivity index (χ1v) is 9.66. The van der Waals surface area contributed by atoms with Crippen LogP contribution < -0.4 is 14.2 Å². The molecule has 0 radical (unpaired) electrons. The zero-order chi connectivity index (χ0) is 20.5. The van der Waals surface area contributed by atoms with Crippen molar-refractivity contribution in [1.82, 2.24) is 9.97 Å². The molecule has 1 aromatic heterocycles. The molecule has 0 unspecified atom stereocenters. The number of benzene rings is 1.